The van der Waals surface area contributed by atoms with Gasteiger partial charge in [0.1, 0.15) is 0 Å². The zero-order chi connectivity index (χ0) is 12.1. The minimum absolute atomic E-state index is 0.152. The van der Waals surface area contributed by atoms with Crippen LogP contribution in [0.5, 0.6) is 0 Å². The smallest absolute Gasteiger partial charge is 0.255 e. The maximum absolute atomic E-state index is 11.8. The third-order valence-corrected chi connectivity index (χ3v) is 2.29. The Hall–Kier alpha value is -2.49. The molecule has 17 heavy (non-hydrogen) atoms. The maximum atomic E-state index is 11.8. The number of carbonyl (C=O) groups is 1. The number of nitrogens with one attached hydrogen (secondary N) is 2. The van der Waals surface area contributed by atoms with E-state index >= 15 is 0 Å². The normalized spacial score (nSPS) is 9.65. The molecule has 0 aliphatic rings. The van der Waals surface area contributed by atoms with E-state index in [0.29, 0.717) is 16.9 Å². The van der Waals surface area contributed by atoms with Gasteiger partial charge in [0, 0.05) is 11.3 Å². The molecule has 2 N–H and O–H groups in total. The summed E-state index contributed by atoms with van der Waals surface area (Å²) >= 11 is 0. The molecule has 0 atom stereocenters. The predicted molar refractivity (Wildman–Crippen MR) is 65.6 cm³/mol. The summed E-state index contributed by atoms with van der Waals surface area (Å²) in [5.74, 6) is -0.152. The average molecular weight is 225 g/mol. The van der Waals surface area contributed by atoms with E-state index in [2.05, 4.69) is 10.4 Å². The molecular formula is C13H11N3O. The lowest BCUT2D eigenvalue weighted by Gasteiger charge is -2.04. The van der Waals surface area contributed by atoms with Crippen LogP contribution in [0.4, 0.5) is 11.4 Å². The summed E-state index contributed by atoms with van der Waals surface area (Å²) in [7, 11) is 0. The van der Waals surface area contributed by atoms with Gasteiger partial charge < -0.3 is 5.32 Å². The highest BCUT2D eigenvalue weighted by Gasteiger charge is 2.04. The zero-order valence-electron chi connectivity index (χ0n) is 9.05. The van der Waals surface area contributed by atoms with Crippen LogP contribution in [0.25, 0.3) is 0 Å². The van der Waals surface area contributed by atoms with Crippen molar-refractivity contribution in [3.05, 3.63) is 60.2 Å². The average Bonchev–Trinajstić information content (AvgIpc) is 2.40. The van der Waals surface area contributed by atoms with Gasteiger partial charge in [-0.05, 0) is 36.4 Å². The Kier molecular flexibility index (Phi) is 3.25. The second-order valence-electron chi connectivity index (χ2n) is 3.48. The van der Waals surface area contributed by atoms with Gasteiger partial charge in [0.2, 0.25) is 0 Å². The maximum Gasteiger partial charge on any atom is 0.255 e. The molecule has 0 spiro atoms. The van der Waals surface area contributed by atoms with Crippen LogP contribution in [0.3, 0.4) is 0 Å². The van der Waals surface area contributed by atoms with E-state index in [-0.39, 0.29) is 5.91 Å². The Morgan fingerprint density at radius 2 is 1.65 bits per heavy atom. The Morgan fingerprint density at radius 1 is 1.00 bits per heavy atom. The minimum Gasteiger partial charge on any atom is -0.322 e. The summed E-state index contributed by atoms with van der Waals surface area (Å²) in [6.45, 7) is 0. The van der Waals surface area contributed by atoms with E-state index in [1.54, 1.807) is 36.4 Å². The highest BCUT2D eigenvalue weighted by atomic mass is 16.1. The SMILES string of the molecule is N=Nc1ccc(NC(=O)c2ccccc2)cc1. The lowest BCUT2D eigenvalue weighted by Crippen LogP contribution is -2.11. The molecule has 0 unspecified atom stereocenters. The Bertz CT molecular complexity index is 520. The molecule has 0 fully saturated rings. The van der Waals surface area contributed by atoms with Crippen LogP contribution in [0.15, 0.2) is 59.7 Å². The summed E-state index contributed by atoms with van der Waals surface area (Å²) in [5.41, 5.74) is 8.69. The number of amides is 1. The van der Waals surface area contributed by atoms with Crippen molar-refractivity contribution in [3.8, 4) is 0 Å². The van der Waals surface area contributed by atoms with Crippen LogP contribution in [0, 0.1) is 5.53 Å². The molecule has 2 aromatic carbocycles. The van der Waals surface area contributed by atoms with Gasteiger partial charge in [-0.25, -0.2) is 5.53 Å². The van der Waals surface area contributed by atoms with Crippen molar-refractivity contribution in [3.63, 3.8) is 0 Å². The van der Waals surface area contributed by atoms with Crippen molar-refractivity contribution < 1.29 is 4.79 Å². The van der Waals surface area contributed by atoms with Crippen molar-refractivity contribution in [1.82, 2.24) is 0 Å². The van der Waals surface area contributed by atoms with E-state index in [4.69, 9.17) is 5.53 Å². The topological polar surface area (TPSA) is 65.3 Å². The third kappa shape index (κ3) is 2.75. The standard InChI is InChI=1S/C13H11N3O/c14-16-12-8-6-11(7-9-12)15-13(17)10-4-2-1-3-5-10/h1-9,14H,(H,15,17). The van der Waals surface area contributed by atoms with Crippen LogP contribution >= 0.6 is 0 Å². The molecule has 4 heteroatoms. The van der Waals surface area contributed by atoms with Gasteiger partial charge in [-0.2, -0.15) is 5.11 Å². The molecule has 0 heterocycles. The first-order chi connectivity index (χ1) is 8.29. The monoisotopic (exact) mass is 225 g/mol. The van der Waals surface area contributed by atoms with E-state index < -0.39 is 0 Å². The molecule has 0 bridgehead atoms. The fourth-order valence-electron chi connectivity index (χ4n) is 1.41. The van der Waals surface area contributed by atoms with Crippen molar-refractivity contribution >= 4 is 17.3 Å². The van der Waals surface area contributed by atoms with Crippen LogP contribution in [0.2, 0.25) is 0 Å². The summed E-state index contributed by atoms with van der Waals surface area (Å²) in [6.07, 6.45) is 0. The fourth-order valence-corrected chi connectivity index (χ4v) is 1.41. The van der Waals surface area contributed by atoms with Gasteiger partial charge in [0.05, 0.1) is 5.69 Å². The molecule has 0 saturated heterocycles. The molecule has 0 aliphatic carbocycles. The van der Waals surface area contributed by atoms with Crippen LogP contribution in [-0.2, 0) is 0 Å². The van der Waals surface area contributed by atoms with Gasteiger partial charge >= 0.3 is 0 Å². The number of carbonyl (C=O) groups excluding carboxylic acids is 1. The molecule has 1 amide bonds. The molecular weight excluding hydrogens is 214 g/mol. The number of nitrogens with zero attached hydrogens (tertiary/aromatic N) is 1. The van der Waals surface area contributed by atoms with E-state index in [0.717, 1.165) is 0 Å². The second kappa shape index (κ2) is 5.03. The highest BCUT2D eigenvalue weighted by molar-refractivity contribution is 6.04. The molecule has 0 radical (unpaired) electrons. The molecule has 0 aliphatic heterocycles. The summed E-state index contributed by atoms with van der Waals surface area (Å²) < 4.78 is 0. The highest BCUT2D eigenvalue weighted by Crippen LogP contribution is 2.16. The first-order valence-corrected chi connectivity index (χ1v) is 5.13. The molecule has 2 rings (SSSR count). The predicted octanol–water partition coefficient (Wildman–Crippen LogP) is 3.60. The number of rotatable bonds is 3. The quantitative estimate of drug-likeness (QED) is 0.770. The van der Waals surface area contributed by atoms with Crippen molar-refractivity contribution in [2.45, 2.75) is 0 Å². The van der Waals surface area contributed by atoms with Gasteiger partial charge in [0.25, 0.3) is 5.91 Å². The van der Waals surface area contributed by atoms with E-state index in [9.17, 15) is 4.79 Å². The number of hydrogen-bond acceptors (Lipinski definition) is 3. The van der Waals surface area contributed by atoms with E-state index in [1.807, 2.05) is 18.2 Å². The minimum atomic E-state index is -0.152. The van der Waals surface area contributed by atoms with Gasteiger partial charge in [0.15, 0.2) is 0 Å². The van der Waals surface area contributed by atoms with Crippen molar-refractivity contribution in [2.75, 3.05) is 5.32 Å². The number of hydrogen-bond donors (Lipinski definition) is 2. The zero-order valence-corrected chi connectivity index (χ0v) is 9.05. The Balaban J connectivity index is 2.10. The lowest BCUT2D eigenvalue weighted by atomic mass is 10.2. The first-order valence-electron chi connectivity index (χ1n) is 5.13. The van der Waals surface area contributed by atoms with Crippen LogP contribution < -0.4 is 5.32 Å². The van der Waals surface area contributed by atoms with E-state index in [1.165, 1.54) is 0 Å². The lowest BCUT2D eigenvalue weighted by molar-refractivity contribution is 0.102. The Labute approximate surface area is 98.8 Å². The summed E-state index contributed by atoms with van der Waals surface area (Å²) in [4.78, 5) is 11.8. The molecule has 0 aromatic heterocycles. The Morgan fingerprint density at radius 3 is 2.24 bits per heavy atom. The van der Waals surface area contributed by atoms with Gasteiger partial charge in [-0.3, -0.25) is 4.79 Å². The third-order valence-electron chi connectivity index (χ3n) is 2.29. The molecule has 2 aromatic rings. The van der Waals surface area contributed by atoms with Crippen molar-refractivity contribution in [1.29, 1.82) is 5.53 Å². The fraction of sp³-hybridized carbons (Fsp3) is 0. The largest absolute Gasteiger partial charge is 0.322 e. The van der Waals surface area contributed by atoms with Crippen LogP contribution in [0.1, 0.15) is 10.4 Å². The molecule has 0 saturated carbocycles. The van der Waals surface area contributed by atoms with Crippen LogP contribution in [-0.4, -0.2) is 5.91 Å². The van der Waals surface area contributed by atoms with Gasteiger partial charge in [-0.15, -0.1) is 0 Å². The number of anilines is 1. The molecule has 4 nitrogen and oxygen atoms in total. The first kappa shape index (κ1) is 11.0. The summed E-state index contributed by atoms with van der Waals surface area (Å²) in [5, 5.41) is 6.05. The number of benzene rings is 2. The molecule has 84 valence electrons. The second-order valence-corrected chi connectivity index (χ2v) is 3.48. The van der Waals surface area contributed by atoms with Crippen molar-refractivity contribution in [2.24, 2.45) is 5.11 Å². The summed E-state index contributed by atoms with van der Waals surface area (Å²) in [6, 6.07) is 15.8. The van der Waals surface area contributed by atoms with Gasteiger partial charge in [-0.1, -0.05) is 18.2 Å².